The van der Waals surface area contributed by atoms with Crippen molar-refractivity contribution in [3.8, 4) is 5.75 Å². The number of ether oxygens (including phenoxy) is 2. The van der Waals surface area contributed by atoms with Crippen LogP contribution in [0, 0.1) is 0 Å². The van der Waals surface area contributed by atoms with E-state index in [1.807, 2.05) is 41.7 Å². The van der Waals surface area contributed by atoms with Gasteiger partial charge in [-0.05, 0) is 37.0 Å². The summed E-state index contributed by atoms with van der Waals surface area (Å²) in [4.78, 5) is 17.3. The van der Waals surface area contributed by atoms with E-state index in [0.29, 0.717) is 6.61 Å². The third-order valence-electron chi connectivity index (χ3n) is 5.86. The molecular weight excluding hydrogens is 396 g/mol. The molecule has 3 aromatic rings. The molecule has 0 N–H and O–H groups in total. The van der Waals surface area contributed by atoms with Gasteiger partial charge in [-0.2, -0.15) is 0 Å². The fourth-order valence-corrected chi connectivity index (χ4v) is 5.52. The number of thiophene rings is 1. The van der Waals surface area contributed by atoms with Crippen LogP contribution >= 0.6 is 11.3 Å². The molecular formula is C23H28N4O2S. The van der Waals surface area contributed by atoms with Crippen LogP contribution in [-0.4, -0.2) is 61.4 Å². The summed E-state index contributed by atoms with van der Waals surface area (Å²) in [5.41, 5.74) is 1.47. The fourth-order valence-electron chi connectivity index (χ4n) is 4.25. The summed E-state index contributed by atoms with van der Waals surface area (Å²) in [7, 11) is 2.12. The predicted molar refractivity (Wildman–Crippen MR) is 121 cm³/mol. The number of fused-ring (bicyclic) bond motifs is 3. The average molecular weight is 425 g/mol. The zero-order chi connectivity index (χ0) is 20.3. The van der Waals surface area contributed by atoms with Crippen LogP contribution in [0.25, 0.3) is 10.2 Å². The standard InChI is InChI=1S/C23H28N4O2S/c1-26(10-15-29-17-6-3-2-4-7-17)22-21-18-8-5-9-19(18)30-23(21)25-20(24-22)16-27-11-13-28-14-12-27/h2-4,6-7H,5,8-16H2,1H3. The molecule has 0 saturated carbocycles. The molecule has 7 heteroatoms. The second kappa shape index (κ2) is 8.88. The molecule has 158 valence electrons. The van der Waals surface area contributed by atoms with Crippen molar-refractivity contribution in [3.05, 3.63) is 46.6 Å². The van der Waals surface area contributed by atoms with Crippen molar-refractivity contribution in [1.29, 1.82) is 0 Å². The van der Waals surface area contributed by atoms with Crippen molar-refractivity contribution in [2.45, 2.75) is 25.8 Å². The van der Waals surface area contributed by atoms with E-state index in [0.717, 1.165) is 68.0 Å². The normalized spacial score (nSPS) is 16.7. The second-order valence-corrected chi connectivity index (χ2v) is 9.06. The van der Waals surface area contributed by atoms with Crippen LogP contribution in [0.1, 0.15) is 22.7 Å². The second-order valence-electron chi connectivity index (χ2n) is 7.97. The molecule has 0 unspecified atom stereocenters. The molecule has 1 aromatic carbocycles. The first-order chi connectivity index (χ1) is 14.8. The van der Waals surface area contributed by atoms with Crippen molar-refractivity contribution >= 4 is 27.4 Å². The van der Waals surface area contributed by atoms with Crippen LogP contribution in [0.4, 0.5) is 5.82 Å². The SMILES string of the molecule is CN(CCOc1ccccc1)c1nc(CN2CCOCC2)nc2sc3c(c12)CCC3. The van der Waals surface area contributed by atoms with Crippen molar-refractivity contribution < 1.29 is 9.47 Å². The molecule has 0 bridgehead atoms. The van der Waals surface area contributed by atoms with Gasteiger partial charge in [-0.25, -0.2) is 9.97 Å². The molecule has 0 radical (unpaired) electrons. The lowest BCUT2D eigenvalue weighted by molar-refractivity contribution is 0.0331. The van der Waals surface area contributed by atoms with E-state index in [1.165, 1.54) is 28.7 Å². The minimum absolute atomic E-state index is 0.622. The highest BCUT2D eigenvalue weighted by Gasteiger charge is 2.24. The summed E-state index contributed by atoms with van der Waals surface area (Å²) in [6, 6.07) is 9.99. The molecule has 30 heavy (non-hydrogen) atoms. The zero-order valence-corrected chi connectivity index (χ0v) is 18.3. The highest BCUT2D eigenvalue weighted by molar-refractivity contribution is 7.19. The summed E-state index contributed by atoms with van der Waals surface area (Å²) < 4.78 is 11.4. The third kappa shape index (κ3) is 4.15. The monoisotopic (exact) mass is 424 g/mol. The quantitative estimate of drug-likeness (QED) is 0.578. The number of nitrogens with zero attached hydrogens (tertiary/aromatic N) is 4. The van der Waals surface area contributed by atoms with Gasteiger partial charge in [0.15, 0.2) is 0 Å². The maximum absolute atomic E-state index is 5.93. The first-order valence-electron chi connectivity index (χ1n) is 10.8. The number of aryl methyl sites for hydroxylation is 2. The highest BCUT2D eigenvalue weighted by Crippen LogP contribution is 2.40. The van der Waals surface area contributed by atoms with Crippen LogP contribution in [0.5, 0.6) is 5.75 Å². The molecule has 1 fully saturated rings. The van der Waals surface area contributed by atoms with Gasteiger partial charge in [0.05, 0.1) is 31.7 Å². The van der Waals surface area contributed by atoms with Gasteiger partial charge in [-0.3, -0.25) is 4.90 Å². The van der Waals surface area contributed by atoms with Crippen molar-refractivity contribution in [2.75, 3.05) is 51.4 Å². The van der Waals surface area contributed by atoms with Gasteiger partial charge in [-0.15, -0.1) is 11.3 Å². The van der Waals surface area contributed by atoms with E-state index in [4.69, 9.17) is 19.4 Å². The predicted octanol–water partition coefficient (Wildman–Crippen LogP) is 3.53. The van der Waals surface area contributed by atoms with Gasteiger partial charge in [0.2, 0.25) is 0 Å². The number of benzene rings is 1. The first-order valence-corrected chi connectivity index (χ1v) is 11.6. The Kier molecular flexibility index (Phi) is 5.84. The number of aromatic nitrogens is 2. The summed E-state index contributed by atoms with van der Waals surface area (Å²) in [6.07, 6.45) is 3.56. The molecule has 0 spiro atoms. The van der Waals surface area contributed by atoms with E-state index < -0.39 is 0 Å². The van der Waals surface area contributed by atoms with Crippen molar-refractivity contribution in [2.24, 2.45) is 0 Å². The number of hydrogen-bond donors (Lipinski definition) is 0. The van der Waals surface area contributed by atoms with E-state index in [9.17, 15) is 0 Å². The van der Waals surface area contributed by atoms with E-state index >= 15 is 0 Å². The molecule has 5 rings (SSSR count). The smallest absolute Gasteiger partial charge is 0.146 e. The molecule has 1 aliphatic heterocycles. The largest absolute Gasteiger partial charge is 0.492 e. The summed E-state index contributed by atoms with van der Waals surface area (Å²) in [6.45, 7) is 5.65. The number of para-hydroxylation sites is 1. The lowest BCUT2D eigenvalue weighted by Gasteiger charge is -2.26. The highest BCUT2D eigenvalue weighted by atomic mass is 32.1. The molecule has 2 aliphatic rings. The minimum atomic E-state index is 0.622. The third-order valence-corrected chi connectivity index (χ3v) is 7.05. The Morgan fingerprint density at radius 2 is 1.97 bits per heavy atom. The van der Waals surface area contributed by atoms with Gasteiger partial charge in [0.1, 0.15) is 28.8 Å². The fraction of sp³-hybridized carbons (Fsp3) is 0.478. The van der Waals surface area contributed by atoms with Gasteiger partial charge < -0.3 is 14.4 Å². The van der Waals surface area contributed by atoms with Crippen LogP contribution in [-0.2, 0) is 24.1 Å². The van der Waals surface area contributed by atoms with Gasteiger partial charge in [-0.1, -0.05) is 18.2 Å². The Bertz CT molecular complexity index is 1000. The van der Waals surface area contributed by atoms with E-state index in [1.54, 1.807) is 0 Å². The number of anilines is 1. The molecule has 0 amide bonds. The van der Waals surface area contributed by atoms with Crippen LogP contribution in [0.15, 0.2) is 30.3 Å². The first kappa shape index (κ1) is 19.7. The Morgan fingerprint density at radius 3 is 2.80 bits per heavy atom. The molecule has 3 heterocycles. The minimum Gasteiger partial charge on any atom is -0.492 e. The van der Waals surface area contributed by atoms with Crippen LogP contribution in [0.2, 0.25) is 0 Å². The van der Waals surface area contributed by atoms with Gasteiger partial charge in [0.25, 0.3) is 0 Å². The average Bonchev–Trinajstić information content (AvgIpc) is 3.36. The number of likely N-dealkylation sites (N-methyl/N-ethyl adjacent to an activating group) is 1. The maximum atomic E-state index is 5.93. The lowest BCUT2D eigenvalue weighted by atomic mass is 10.2. The Balaban J connectivity index is 1.39. The van der Waals surface area contributed by atoms with Crippen molar-refractivity contribution in [1.82, 2.24) is 14.9 Å². The number of hydrogen-bond acceptors (Lipinski definition) is 7. The Hall–Kier alpha value is -2.22. The van der Waals surface area contributed by atoms with Gasteiger partial charge in [0, 0.05) is 25.0 Å². The van der Waals surface area contributed by atoms with E-state index in [-0.39, 0.29) is 0 Å². The summed E-state index contributed by atoms with van der Waals surface area (Å²) in [5, 5.41) is 1.26. The van der Waals surface area contributed by atoms with Crippen LogP contribution in [0.3, 0.4) is 0 Å². The Labute approximate surface area is 181 Å². The number of rotatable bonds is 7. The summed E-state index contributed by atoms with van der Waals surface area (Å²) in [5.74, 6) is 2.87. The zero-order valence-electron chi connectivity index (χ0n) is 17.5. The Morgan fingerprint density at radius 1 is 1.13 bits per heavy atom. The van der Waals surface area contributed by atoms with Crippen molar-refractivity contribution in [3.63, 3.8) is 0 Å². The maximum Gasteiger partial charge on any atom is 0.146 e. The topological polar surface area (TPSA) is 50.7 Å². The lowest BCUT2D eigenvalue weighted by Crippen LogP contribution is -2.36. The van der Waals surface area contributed by atoms with Gasteiger partial charge >= 0.3 is 0 Å². The molecule has 6 nitrogen and oxygen atoms in total. The molecule has 0 atom stereocenters. The molecule has 1 saturated heterocycles. The summed E-state index contributed by atoms with van der Waals surface area (Å²) >= 11 is 1.86. The van der Waals surface area contributed by atoms with Crippen LogP contribution < -0.4 is 9.64 Å². The molecule has 1 aliphatic carbocycles. The van der Waals surface area contributed by atoms with E-state index in [2.05, 4.69) is 16.8 Å². The number of morpholine rings is 1. The molecule has 2 aromatic heterocycles.